The van der Waals surface area contributed by atoms with Crippen molar-refractivity contribution in [1.29, 1.82) is 0 Å². The summed E-state index contributed by atoms with van der Waals surface area (Å²) in [7, 11) is 0. The highest BCUT2D eigenvalue weighted by atomic mass is 35.5. The van der Waals surface area contributed by atoms with E-state index in [4.69, 9.17) is 45.3 Å². The second-order valence-electron chi connectivity index (χ2n) is 5.47. The molecule has 0 saturated carbocycles. The van der Waals surface area contributed by atoms with Gasteiger partial charge in [-0.3, -0.25) is 9.78 Å². The minimum atomic E-state index is -1.66. The summed E-state index contributed by atoms with van der Waals surface area (Å²) < 4.78 is 6.09. The molecule has 0 aliphatic carbocycles. The van der Waals surface area contributed by atoms with Crippen LogP contribution in [0.15, 0.2) is 66.9 Å². The molecule has 0 spiro atoms. The van der Waals surface area contributed by atoms with E-state index >= 15 is 0 Å². The predicted octanol–water partition coefficient (Wildman–Crippen LogP) is 4.85. The van der Waals surface area contributed by atoms with Crippen molar-refractivity contribution in [3.63, 3.8) is 0 Å². The van der Waals surface area contributed by atoms with Gasteiger partial charge in [-0.25, -0.2) is 0 Å². The van der Waals surface area contributed by atoms with Gasteiger partial charge in [-0.1, -0.05) is 46.9 Å². The monoisotopic (exact) mass is 406 g/mol. The van der Waals surface area contributed by atoms with Crippen molar-refractivity contribution in [2.75, 3.05) is 0 Å². The quantitative estimate of drug-likeness (QED) is 0.657. The number of primary amides is 1. The van der Waals surface area contributed by atoms with Crippen LogP contribution >= 0.6 is 34.8 Å². The lowest BCUT2D eigenvalue weighted by molar-refractivity contribution is -0.131. The van der Waals surface area contributed by atoms with Crippen LogP contribution in [0, 0.1) is 0 Å². The van der Waals surface area contributed by atoms with Crippen LogP contribution in [0.3, 0.4) is 0 Å². The molecule has 1 atom stereocenters. The molecule has 7 heteroatoms. The predicted molar refractivity (Wildman–Crippen MR) is 103 cm³/mol. The fraction of sp³-hybridized carbons (Fsp3) is 0.0526. The van der Waals surface area contributed by atoms with Crippen LogP contribution < -0.4 is 10.5 Å². The number of halogens is 3. The van der Waals surface area contributed by atoms with Crippen molar-refractivity contribution in [2.24, 2.45) is 5.73 Å². The van der Waals surface area contributed by atoms with Crippen molar-refractivity contribution in [1.82, 2.24) is 4.98 Å². The van der Waals surface area contributed by atoms with Crippen LogP contribution in [0.5, 0.6) is 5.75 Å². The first-order valence-electron chi connectivity index (χ1n) is 7.54. The number of aromatic nitrogens is 1. The van der Waals surface area contributed by atoms with E-state index in [2.05, 4.69) is 4.98 Å². The summed E-state index contributed by atoms with van der Waals surface area (Å²) >= 11 is 17.8. The van der Waals surface area contributed by atoms with Crippen molar-refractivity contribution < 1.29 is 9.53 Å². The maximum Gasteiger partial charge on any atom is 0.272 e. The summed E-state index contributed by atoms with van der Waals surface area (Å²) in [5.74, 6) is -0.329. The number of nitrogens with two attached hydrogens (primary N) is 1. The maximum atomic E-state index is 12.6. The third-order valence-corrected chi connectivity index (χ3v) is 4.50. The molecule has 0 saturated heterocycles. The van der Waals surface area contributed by atoms with Crippen molar-refractivity contribution in [3.8, 4) is 5.75 Å². The number of hydrogen-bond donors (Lipinski definition) is 1. The van der Waals surface area contributed by atoms with Gasteiger partial charge >= 0.3 is 0 Å². The van der Waals surface area contributed by atoms with E-state index in [0.29, 0.717) is 32.1 Å². The molecule has 132 valence electrons. The highest BCUT2D eigenvalue weighted by molar-refractivity contribution is 6.31. The number of benzene rings is 2. The standard InChI is InChI=1S/C19H13Cl3N2O2/c20-13-3-1-12(2-4-13)19(18(23)25,17-10-7-15(22)11-24-17)26-16-8-5-14(21)6-9-16/h1-11H,(H2,23,25). The van der Waals surface area contributed by atoms with Gasteiger partial charge in [0.1, 0.15) is 5.75 Å². The molecule has 1 heterocycles. The summed E-state index contributed by atoms with van der Waals surface area (Å²) in [5.41, 5.74) is 4.91. The van der Waals surface area contributed by atoms with E-state index in [1.807, 2.05) is 0 Å². The Kier molecular flexibility index (Phi) is 5.37. The van der Waals surface area contributed by atoms with Crippen LogP contribution in [0.1, 0.15) is 11.3 Å². The van der Waals surface area contributed by atoms with Crippen molar-refractivity contribution in [2.45, 2.75) is 5.60 Å². The lowest BCUT2D eigenvalue weighted by Crippen LogP contribution is -2.47. The molecule has 2 aromatic carbocycles. The minimum Gasteiger partial charge on any atom is -0.466 e. The average molecular weight is 408 g/mol. The molecular weight excluding hydrogens is 395 g/mol. The van der Waals surface area contributed by atoms with Gasteiger partial charge in [0.05, 0.1) is 10.7 Å². The van der Waals surface area contributed by atoms with E-state index < -0.39 is 11.5 Å². The Labute approximate surface area is 165 Å². The average Bonchev–Trinajstić information content (AvgIpc) is 2.63. The Balaban J connectivity index is 2.20. The van der Waals surface area contributed by atoms with Gasteiger partial charge in [0.15, 0.2) is 0 Å². The van der Waals surface area contributed by atoms with Gasteiger partial charge in [-0.2, -0.15) is 0 Å². The van der Waals surface area contributed by atoms with Gasteiger partial charge < -0.3 is 10.5 Å². The number of ether oxygens (including phenoxy) is 1. The Hall–Kier alpha value is -2.27. The molecule has 1 unspecified atom stereocenters. The number of nitrogens with zero attached hydrogens (tertiary/aromatic N) is 1. The summed E-state index contributed by atoms with van der Waals surface area (Å²) in [6, 6.07) is 16.4. The molecular formula is C19H13Cl3N2O2. The molecule has 0 radical (unpaired) electrons. The SMILES string of the molecule is NC(=O)C(Oc1ccc(Cl)cc1)(c1ccc(Cl)cc1)c1ccc(Cl)cn1. The normalized spacial score (nSPS) is 13.0. The largest absolute Gasteiger partial charge is 0.466 e. The van der Waals surface area contributed by atoms with E-state index in [-0.39, 0.29) is 0 Å². The zero-order valence-corrected chi connectivity index (χ0v) is 15.6. The van der Waals surface area contributed by atoms with Crippen molar-refractivity contribution in [3.05, 3.63) is 93.2 Å². The Morgan fingerprint density at radius 1 is 0.846 bits per heavy atom. The van der Waals surface area contributed by atoms with Gasteiger partial charge in [-0.15, -0.1) is 0 Å². The molecule has 1 aromatic heterocycles. The minimum absolute atomic E-state index is 0.298. The van der Waals surface area contributed by atoms with Crippen LogP contribution in [0.25, 0.3) is 0 Å². The summed E-state index contributed by atoms with van der Waals surface area (Å²) in [6.07, 6.45) is 1.43. The Bertz CT molecular complexity index is 866. The number of pyridine rings is 1. The summed E-state index contributed by atoms with van der Waals surface area (Å²) in [6.45, 7) is 0. The fourth-order valence-corrected chi connectivity index (χ4v) is 2.89. The molecule has 3 rings (SSSR count). The first kappa shape index (κ1) is 18.5. The van der Waals surface area contributed by atoms with E-state index in [1.165, 1.54) is 6.20 Å². The topological polar surface area (TPSA) is 65.2 Å². The molecule has 26 heavy (non-hydrogen) atoms. The zero-order chi connectivity index (χ0) is 18.7. The van der Waals surface area contributed by atoms with E-state index in [9.17, 15) is 4.79 Å². The van der Waals surface area contributed by atoms with E-state index in [1.54, 1.807) is 60.7 Å². The second-order valence-corrected chi connectivity index (χ2v) is 6.78. The van der Waals surface area contributed by atoms with Crippen molar-refractivity contribution >= 4 is 40.7 Å². The fourth-order valence-electron chi connectivity index (χ4n) is 2.53. The van der Waals surface area contributed by atoms with Gasteiger partial charge in [-0.05, 0) is 48.5 Å². The number of carbonyl (C=O) groups excluding carboxylic acids is 1. The molecule has 0 aliphatic heterocycles. The second kappa shape index (κ2) is 7.54. The molecule has 3 aromatic rings. The Morgan fingerprint density at radius 3 is 1.88 bits per heavy atom. The van der Waals surface area contributed by atoms with Gasteiger partial charge in [0.2, 0.25) is 0 Å². The highest BCUT2D eigenvalue weighted by Crippen LogP contribution is 2.35. The summed E-state index contributed by atoms with van der Waals surface area (Å²) in [4.78, 5) is 16.9. The molecule has 0 fully saturated rings. The van der Waals surface area contributed by atoms with Gasteiger partial charge in [0.25, 0.3) is 11.5 Å². The van der Waals surface area contributed by atoms with Crippen LogP contribution in [0.2, 0.25) is 15.1 Å². The number of amides is 1. The lowest BCUT2D eigenvalue weighted by Gasteiger charge is -2.31. The number of carbonyl (C=O) groups is 1. The summed E-state index contributed by atoms with van der Waals surface area (Å²) in [5, 5.41) is 1.48. The van der Waals surface area contributed by atoms with E-state index in [0.717, 1.165) is 0 Å². The number of rotatable bonds is 5. The Morgan fingerprint density at radius 2 is 1.38 bits per heavy atom. The smallest absolute Gasteiger partial charge is 0.272 e. The first-order chi connectivity index (χ1) is 12.4. The molecule has 4 nitrogen and oxygen atoms in total. The third-order valence-electron chi connectivity index (χ3n) is 3.77. The molecule has 1 amide bonds. The van der Waals surface area contributed by atoms with Crippen LogP contribution in [-0.4, -0.2) is 10.9 Å². The molecule has 0 bridgehead atoms. The first-order valence-corrected chi connectivity index (χ1v) is 8.68. The third kappa shape index (κ3) is 3.63. The highest BCUT2D eigenvalue weighted by Gasteiger charge is 2.45. The zero-order valence-electron chi connectivity index (χ0n) is 13.3. The maximum absolute atomic E-state index is 12.6. The van der Waals surface area contributed by atoms with Crippen LogP contribution in [0.4, 0.5) is 0 Å². The van der Waals surface area contributed by atoms with Crippen LogP contribution in [-0.2, 0) is 10.4 Å². The van der Waals surface area contributed by atoms with Gasteiger partial charge in [0, 0.05) is 21.8 Å². The molecule has 2 N–H and O–H groups in total. The lowest BCUT2D eigenvalue weighted by atomic mass is 9.88. The number of hydrogen-bond acceptors (Lipinski definition) is 3. The molecule has 0 aliphatic rings.